The zero-order valence-corrected chi connectivity index (χ0v) is 17.9. The molecule has 0 aliphatic heterocycles. The van der Waals surface area contributed by atoms with Gasteiger partial charge >= 0.3 is 0 Å². The van der Waals surface area contributed by atoms with Crippen LogP contribution >= 0.6 is 11.3 Å². The fourth-order valence-electron chi connectivity index (χ4n) is 3.48. The van der Waals surface area contributed by atoms with Gasteiger partial charge in [0.25, 0.3) is 5.56 Å². The molecule has 5 aromatic rings. The van der Waals surface area contributed by atoms with Crippen molar-refractivity contribution in [2.75, 3.05) is 0 Å². The molecule has 0 saturated heterocycles. The van der Waals surface area contributed by atoms with Crippen LogP contribution in [0.3, 0.4) is 0 Å². The fraction of sp³-hybridized carbons (Fsp3) is 0.120. The Morgan fingerprint density at radius 2 is 1.74 bits per heavy atom. The van der Waals surface area contributed by atoms with E-state index in [0.717, 1.165) is 27.7 Å². The number of nitrogens with zero attached hydrogens (tertiary/aromatic N) is 2. The molecule has 0 spiro atoms. The van der Waals surface area contributed by atoms with Gasteiger partial charge in [0.15, 0.2) is 4.96 Å². The number of aryl methyl sites for hydroxylation is 2. The largest absolute Gasteiger partial charge is 0.489 e. The van der Waals surface area contributed by atoms with Gasteiger partial charge in [-0.15, -0.1) is 0 Å². The Hall–Kier alpha value is -3.51. The Bertz CT molecular complexity index is 1520. The van der Waals surface area contributed by atoms with E-state index in [2.05, 4.69) is 4.98 Å². The van der Waals surface area contributed by atoms with Crippen LogP contribution in [0.1, 0.15) is 22.3 Å². The molecule has 0 fully saturated rings. The number of ether oxygens (including phenoxy) is 1. The first-order valence-corrected chi connectivity index (χ1v) is 10.7. The van der Waals surface area contributed by atoms with E-state index in [9.17, 15) is 9.18 Å². The van der Waals surface area contributed by atoms with Crippen molar-refractivity contribution in [1.82, 2.24) is 9.38 Å². The zero-order chi connectivity index (χ0) is 21.5. The van der Waals surface area contributed by atoms with Crippen LogP contribution < -0.4 is 14.8 Å². The molecule has 0 atom stereocenters. The molecule has 31 heavy (non-hydrogen) atoms. The monoisotopic (exact) mass is 430 g/mol. The molecule has 0 saturated carbocycles. The fourth-order valence-corrected chi connectivity index (χ4v) is 4.46. The Morgan fingerprint density at radius 3 is 2.48 bits per heavy atom. The minimum Gasteiger partial charge on any atom is -0.489 e. The number of hydrogen-bond acceptors (Lipinski definition) is 4. The highest BCUT2D eigenvalue weighted by molar-refractivity contribution is 7.15. The van der Waals surface area contributed by atoms with E-state index >= 15 is 0 Å². The molecule has 0 aliphatic rings. The Balaban J connectivity index is 1.42. The van der Waals surface area contributed by atoms with Crippen LogP contribution in [0.2, 0.25) is 0 Å². The third-order valence-electron chi connectivity index (χ3n) is 5.35. The average molecular weight is 431 g/mol. The van der Waals surface area contributed by atoms with Gasteiger partial charge in [0.1, 0.15) is 18.2 Å². The van der Waals surface area contributed by atoms with Gasteiger partial charge in [-0.1, -0.05) is 35.6 Å². The summed E-state index contributed by atoms with van der Waals surface area (Å²) in [7, 11) is 0. The molecule has 4 nitrogen and oxygen atoms in total. The van der Waals surface area contributed by atoms with Crippen molar-refractivity contribution in [2.45, 2.75) is 20.5 Å². The van der Waals surface area contributed by atoms with Crippen molar-refractivity contribution >= 4 is 33.4 Å². The molecule has 6 heteroatoms. The minimum atomic E-state index is -0.263. The number of hydrogen-bond donors (Lipinski definition) is 0. The lowest BCUT2D eigenvalue weighted by atomic mass is 10.1. The number of rotatable bonds is 4. The number of thiazole rings is 1. The normalized spacial score (nSPS) is 12.2. The predicted octanol–water partition coefficient (Wildman–Crippen LogP) is 4.79. The summed E-state index contributed by atoms with van der Waals surface area (Å²) in [4.78, 5) is 18.3. The van der Waals surface area contributed by atoms with Gasteiger partial charge in [-0.3, -0.25) is 4.79 Å². The average Bonchev–Trinajstić information content (AvgIpc) is 3.25. The van der Waals surface area contributed by atoms with Crippen LogP contribution in [0.15, 0.2) is 65.5 Å². The maximum Gasteiger partial charge on any atom is 0.274 e. The second kappa shape index (κ2) is 7.63. The van der Waals surface area contributed by atoms with E-state index in [1.54, 1.807) is 16.5 Å². The summed E-state index contributed by atoms with van der Waals surface area (Å²) in [5.74, 6) is 0.447. The summed E-state index contributed by atoms with van der Waals surface area (Å²) in [5, 5.41) is 0. The molecule has 154 valence electrons. The summed E-state index contributed by atoms with van der Waals surface area (Å²) >= 11 is 1.39. The van der Waals surface area contributed by atoms with Crippen LogP contribution in [0.4, 0.5) is 4.39 Å². The second-order valence-electron chi connectivity index (χ2n) is 7.55. The number of benzene rings is 3. The quantitative estimate of drug-likeness (QED) is 0.412. The second-order valence-corrected chi connectivity index (χ2v) is 8.56. The van der Waals surface area contributed by atoms with E-state index in [-0.39, 0.29) is 11.4 Å². The summed E-state index contributed by atoms with van der Waals surface area (Å²) in [6.45, 7) is 4.45. The summed E-state index contributed by atoms with van der Waals surface area (Å²) < 4.78 is 21.1. The molecule has 0 N–H and O–H groups in total. The van der Waals surface area contributed by atoms with Crippen molar-refractivity contribution in [3.05, 3.63) is 104 Å². The summed E-state index contributed by atoms with van der Waals surface area (Å²) in [5.41, 5.74) is 5.76. The highest BCUT2D eigenvalue weighted by atomic mass is 32.1. The highest BCUT2D eigenvalue weighted by Gasteiger charge is 2.12. The Kier molecular flexibility index (Phi) is 4.79. The predicted molar refractivity (Wildman–Crippen MR) is 122 cm³/mol. The van der Waals surface area contributed by atoms with Crippen LogP contribution in [-0.2, 0) is 6.61 Å². The third kappa shape index (κ3) is 3.70. The molecule has 0 amide bonds. The molecule has 0 bridgehead atoms. The maximum absolute atomic E-state index is 13.0. The van der Waals surface area contributed by atoms with Crippen molar-refractivity contribution in [2.24, 2.45) is 0 Å². The van der Waals surface area contributed by atoms with Crippen LogP contribution in [0.5, 0.6) is 5.75 Å². The van der Waals surface area contributed by atoms with Gasteiger partial charge in [-0.25, -0.2) is 13.8 Å². The van der Waals surface area contributed by atoms with Crippen molar-refractivity contribution < 1.29 is 9.13 Å². The van der Waals surface area contributed by atoms with E-state index in [4.69, 9.17) is 4.74 Å². The molecule has 3 aromatic carbocycles. The maximum atomic E-state index is 13.0. The Labute approximate surface area is 181 Å². The lowest BCUT2D eigenvalue weighted by Gasteiger charge is -2.06. The first-order chi connectivity index (χ1) is 15.0. The van der Waals surface area contributed by atoms with E-state index in [0.29, 0.717) is 21.8 Å². The topological polar surface area (TPSA) is 43.6 Å². The van der Waals surface area contributed by atoms with Crippen LogP contribution in [-0.4, -0.2) is 9.38 Å². The van der Waals surface area contributed by atoms with E-state index < -0.39 is 0 Å². The minimum absolute atomic E-state index is 0.0533. The molecule has 2 aromatic heterocycles. The van der Waals surface area contributed by atoms with Crippen molar-refractivity contribution in [3.8, 4) is 5.75 Å². The van der Waals surface area contributed by atoms with Gasteiger partial charge in [0.05, 0.1) is 15.6 Å². The zero-order valence-electron chi connectivity index (χ0n) is 17.1. The molecule has 5 rings (SSSR count). The van der Waals surface area contributed by atoms with Gasteiger partial charge in [0.2, 0.25) is 0 Å². The number of fused-ring (bicyclic) bond motifs is 3. The van der Waals surface area contributed by atoms with Gasteiger partial charge in [-0.05, 0) is 78.6 Å². The molecule has 2 heterocycles. The van der Waals surface area contributed by atoms with E-state index in [1.165, 1.54) is 29.0 Å². The van der Waals surface area contributed by atoms with Crippen LogP contribution in [0.25, 0.3) is 22.1 Å². The summed E-state index contributed by atoms with van der Waals surface area (Å²) in [6.07, 6.45) is 1.87. The molecule has 0 unspecified atom stereocenters. The Morgan fingerprint density at radius 1 is 1.03 bits per heavy atom. The highest BCUT2D eigenvalue weighted by Crippen LogP contribution is 2.21. The van der Waals surface area contributed by atoms with Gasteiger partial charge < -0.3 is 4.74 Å². The number of aromatic nitrogens is 2. The first kappa shape index (κ1) is 19.5. The van der Waals surface area contributed by atoms with E-state index in [1.807, 2.05) is 56.3 Å². The lowest BCUT2D eigenvalue weighted by molar-refractivity contribution is 0.306. The van der Waals surface area contributed by atoms with Crippen molar-refractivity contribution in [3.63, 3.8) is 0 Å². The molecule has 0 radical (unpaired) electrons. The lowest BCUT2D eigenvalue weighted by Crippen LogP contribution is -2.22. The molecule has 0 aliphatic carbocycles. The SMILES string of the molecule is Cc1cc2nc3s/c(=C/c4ccc(OCc5ccc(F)cc5)cc4)c(=O)n3c2cc1C. The summed E-state index contributed by atoms with van der Waals surface area (Å²) in [6, 6.07) is 17.8. The van der Waals surface area contributed by atoms with Gasteiger partial charge in [-0.2, -0.15) is 0 Å². The third-order valence-corrected chi connectivity index (χ3v) is 6.32. The van der Waals surface area contributed by atoms with Gasteiger partial charge in [0, 0.05) is 0 Å². The van der Waals surface area contributed by atoms with Crippen LogP contribution in [0, 0.1) is 19.7 Å². The number of halogens is 1. The standard InChI is InChI=1S/C25H19FN2O2S/c1-15-11-21-22(12-16(15)2)28-24(29)23(31-25(28)27-21)13-17-5-9-20(10-6-17)30-14-18-3-7-19(26)8-4-18/h3-13H,14H2,1-2H3/b23-13+. The molecular weight excluding hydrogens is 411 g/mol. The smallest absolute Gasteiger partial charge is 0.274 e. The van der Waals surface area contributed by atoms with Crippen molar-refractivity contribution in [1.29, 1.82) is 0 Å². The first-order valence-electron chi connectivity index (χ1n) is 9.89. The molecular formula is C25H19FN2O2S. The number of imidazole rings is 1.